The second-order valence-electron chi connectivity index (χ2n) is 9.89. The van der Waals surface area contributed by atoms with Crippen LogP contribution in [0.25, 0.3) is 0 Å². The van der Waals surface area contributed by atoms with Crippen molar-refractivity contribution in [1.29, 1.82) is 0 Å². The summed E-state index contributed by atoms with van der Waals surface area (Å²) in [5.41, 5.74) is 1.69. The Morgan fingerprint density at radius 3 is 2.39 bits per heavy atom. The van der Waals surface area contributed by atoms with Gasteiger partial charge in [-0.2, -0.15) is 0 Å². The van der Waals surface area contributed by atoms with Crippen molar-refractivity contribution in [3.05, 3.63) is 62.9 Å². The SMILES string of the molecule is COC[C@](C)(c1cc(Cl)cc(Cl)c1)N1CCC(COc2cc(F)c(C(=O)NSC)cc2C2CC2)CC1. The van der Waals surface area contributed by atoms with Crippen molar-refractivity contribution in [3.8, 4) is 5.75 Å². The number of benzene rings is 2. The highest BCUT2D eigenvalue weighted by Crippen LogP contribution is 2.45. The summed E-state index contributed by atoms with van der Waals surface area (Å²) in [6.45, 7) is 4.94. The Morgan fingerprint density at radius 1 is 1.14 bits per heavy atom. The Hall–Kier alpha value is -1.51. The van der Waals surface area contributed by atoms with E-state index in [9.17, 15) is 9.18 Å². The van der Waals surface area contributed by atoms with E-state index in [1.54, 1.807) is 25.5 Å². The number of nitrogens with zero attached hydrogens (tertiary/aromatic N) is 1. The minimum Gasteiger partial charge on any atom is -0.493 e. The predicted octanol–water partition coefficient (Wildman–Crippen LogP) is 6.67. The van der Waals surface area contributed by atoms with Crippen molar-refractivity contribution >= 4 is 41.1 Å². The van der Waals surface area contributed by atoms with Crippen molar-refractivity contribution in [2.75, 3.05) is 39.7 Å². The molecule has 5 nitrogen and oxygen atoms in total. The fourth-order valence-electron chi connectivity index (χ4n) is 5.04. The molecule has 2 aromatic rings. The summed E-state index contributed by atoms with van der Waals surface area (Å²) in [5, 5.41) is 1.22. The fourth-order valence-corrected chi connectivity index (χ4v) is 5.86. The van der Waals surface area contributed by atoms with Gasteiger partial charge in [0.15, 0.2) is 0 Å². The van der Waals surface area contributed by atoms with Gasteiger partial charge in [0.05, 0.1) is 24.3 Å². The third kappa shape index (κ3) is 6.30. The van der Waals surface area contributed by atoms with Gasteiger partial charge in [0, 0.05) is 29.5 Å². The van der Waals surface area contributed by atoms with E-state index < -0.39 is 11.7 Å². The number of rotatable bonds is 10. The Morgan fingerprint density at radius 2 is 1.81 bits per heavy atom. The molecular weight excluding hydrogens is 522 g/mol. The first-order valence-electron chi connectivity index (χ1n) is 12.2. The molecule has 0 bridgehead atoms. The third-order valence-corrected chi connectivity index (χ3v) is 8.08. The molecule has 1 atom stereocenters. The van der Waals surface area contributed by atoms with E-state index in [0.717, 1.165) is 61.8 Å². The van der Waals surface area contributed by atoms with Crippen molar-refractivity contribution in [2.24, 2.45) is 5.92 Å². The molecule has 36 heavy (non-hydrogen) atoms. The molecule has 1 N–H and O–H groups in total. The van der Waals surface area contributed by atoms with Crippen LogP contribution in [0.5, 0.6) is 5.75 Å². The molecule has 1 saturated carbocycles. The molecule has 1 heterocycles. The summed E-state index contributed by atoms with van der Waals surface area (Å²) >= 11 is 13.8. The maximum atomic E-state index is 14.7. The summed E-state index contributed by atoms with van der Waals surface area (Å²) in [6.07, 6.45) is 5.71. The monoisotopic (exact) mass is 554 g/mol. The molecule has 0 aromatic heterocycles. The maximum absolute atomic E-state index is 14.7. The van der Waals surface area contributed by atoms with Gasteiger partial charge >= 0.3 is 0 Å². The average Bonchev–Trinajstić information content (AvgIpc) is 3.68. The van der Waals surface area contributed by atoms with Crippen molar-refractivity contribution in [1.82, 2.24) is 9.62 Å². The van der Waals surface area contributed by atoms with Gasteiger partial charge in [-0.05, 0) is 92.9 Å². The molecule has 1 saturated heterocycles. The Labute approximate surface area is 227 Å². The second kappa shape index (κ2) is 11.9. The van der Waals surface area contributed by atoms with Crippen LogP contribution in [0, 0.1) is 11.7 Å². The van der Waals surface area contributed by atoms with Crippen molar-refractivity contribution in [3.63, 3.8) is 0 Å². The maximum Gasteiger partial charge on any atom is 0.264 e. The number of amides is 1. The minimum atomic E-state index is -0.550. The van der Waals surface area contributed by atoms with Gasteiger partial charge in [0.1, 0.15) is 11.6 Å². The van der Waals surface area contributed by atoms with Gasteiger partial charge in [0.2, 0.25) is 0 Å². The van der Waals surface area contributed by atoms with Crippen LogP contribution in [-0.2, 0) is 10.3 Å². The van der Waals surface area contributed by atoms with Crippen LogP contribution in [-0.4, -0.2) is 50.5 Å². The molecule has 2 aromatic carbocycles. The van der Waals surface area contributed by atoms with Crippen LogP contribution < -0.4 is 9.46 Å². The molecule has 0 unspecified atom stereocenters. The highest BCUT2D eigenvalue weighted by molar-refractivity contribution is 7.97. The number of carbonyl (C=O) groups excluding carboxylic acids is 1. The smallest absolute Gasteiger partial charge is 0.264 e. The third-order valence-electron chi connectivity index (χ3n) is 7.25. The summed E-state index contributed by atoms with van der Waals surface area (Å²) in [5.74, 6) is 0.288. The van der Waals surface area contributed by atoms with Gasteiger partial charge in [0.25, 0.3) is 5.91 Å². The first-order valence-corrected chi connectivity index (χ1v) is 14.2. The number of likely N-dealkylation sites (tertiary alicyclic amines) is 1. The van der Waals surface area contributed by atoms with Gasteiger partial charge in [-0.1, -0.05) is 35.1 Å². The number of carbonyl (C=O) groups is 1. The number of halogens is 3. The molecule has 0 spiro atoms. The lowest BCUT2D eigenvalue weighted by Crippen LogP contribution is -2.51. The van der Waals surface area contributed by atoms with Crippen LogP contribution in [0.1, 0.15) is 60.0 Å². The zero-order valence-corrected chi connectivity index (χ0v) is 23.2. The van der Waals surface area contributed by atoms with Gasteiger partial charge in [-0.25, -0.2) is 4.39 Å². The Kier molecular flexibility index (Phi) is 9.10. The molecular formula is C27H33Cl2FN2O3S. The number of ether oxygens (including phenoxy) is 2. The van der Waals surface area contributed by atoms with E-state index >= 15 is 0 Å². The number of hydrogen-bond donors (Lipinski definition) is 1. The molecule has 1 aliphatic carbocycles. The highest BCUT2D eigenvalue weighted by Gasteiger charge is 2.37. The zero-order chi connectivity index (χ0) is 25.9. The fraction of sp³-hybridized carbons (Fsp3) is 0.519. The lowest BCUT2D eigenvalue weighted by atomic mass is 9.86. The second-order valence-corrected chi connectivity index (χ2v) is 11.4. The van der Waals surface area contributed by atoms with E-state index in [4.69, 9.17) is 32.7 Å². The molecule has 2 aliphatic rings. The normalized spacial score (nSPS) is 18.6. The molecule has 196 valence electrons. The predicted molar refractivity (Wildman–Crippen MR) is 145 cm³/mol. The Balaban J connectivity index is 1.42. The first kappa shape index (κ1) is 27.5. The highest BCUT2D eigenvalue weighted by atomic mass is 35.5. The van der Waals surface area contributed by atoms with Crippen LogP contribution >= 0.6 is 35.1 Å². The van der Waals surface area contributed by atoms with Crippen LogP contribution in [0.3, 0.4) is 0 Å². The quantitative estimate of drug-likeness (QED) is 0.332. The van der Waals surface area contributed by atoms with Crippen LogP contribution in [0.15, 0.2) is 30.3 Å². The van der Waals surface area contributed by atoms with Crippen LogP contribution in [0.4, 0.5) is 4.39 Å². The summed E-state index contributed by atoms with van der Waals surface area (Å²) < 4.78 is 29.1. The molecule has 4 rings (SSSR count). The summed E-state index contributed by atoms with van der Waals surface area (Å²) in [6, 6.07) is 8.71. The summed E-state index contributed by atoms with van der Waals surface area (Å²) in [4.78, 5) is 14.7. The number of nitrogens with one attached hydrogen (secondary N) is 1. The lowest BCUT2D eigenvalue weighted by Gasteiger charge is -2.45. The van der Waals surface area contributed by atoms with Crippen LogP contribution in [0.2, 0.25) is 10.0 Å². The zero-order valence-electron chi connectivity index (χ0n) is 20.9. The largest absolute Gasteiger partial charge is 0.493 e. The Bertz CT molecular complexity index is 1070. The van der Waals surface area contributed by atoms with Gasteiger partial charge in [-0.15, -0.1) is 0 Å². The number of piperidine rings is 1. The number of methoxy groups -OCH3 is 1. The van der Waals surface area contributed by atoms with Crippen molar-refractivity contribution in [2.45, 2.75) is 44.1 Å². The van der Waals surface area contributed by atoms with E-state index in [2.05, 4.69) is 16.5 Å². The van der Waals surface area contributed by atoms with E-state index in [1.807, 2.05) is 12.1 Å². The lowest BCUT2D eigenvalue weighted by molar-refractivity contribution is -0.00666. The van der Waals surface area contributed by atoms with E-state index in [0.29, 0.717) is 40.8 Å². The van der Waals surface area contributed by atoms with E-state index in [1.165, 1.54) is 6.07 Å². The van der Waals surface area contributed by atoms with Gasteiger partial charge < -0.3 is 9.47 Å². The van der Waals surface area contributed by atoms with Gasteiger partial charge in [-0.3, -0.25) is 14.4 Å². The molecule has 2 fully saturated rings. The van der Waals surface area contributed by atoms with Crippen molar-refractivity contribution < 1.29 is 18.7 Å². The van der Waals surface area contributed by atoms with E-state index in [-0.39, 0.29) is 11.1 Å². The molecule has 1 aliphatic heterocycles. The summed E-state index contributed by atoms with van der Waals surface area (Å²) in [7, 11) is 1.71. The molecule has 1 amide bonds. The minimum absolute atomic E-state index is 0.0745. The molecule has 9 heteroatoms. The average molecular weight is 556 g/mol. The topological polar surface area (TPSA) is 50.8 Å². The first-order chi connectivity index (χ1) is 17.2. The number of hydrogen-bond acceptors (Lipinski definition) is 5. The molecule has 0 radical (unpaired) electrons. The standard InChI is InChI=1S/C27H33Cl2FN2O3S/c1-27(16-34-2,19-10-20(28)12-21(29)11-19)32-8-6-17(7-9-32)15-35-25-14-24(30)23(26(33)31-36-3)13-22(25)18-4-5-18/h10-14,17-18H,4-9,15-16H2,1-3H3,(H,31,33)/t27-/m1/s1.